The molecule has 1 aromatic rings. The predicted octanol–water partition coefficient (Wildman–Crippen LogP) is 0.871. The molecule has 1 aliphatic heterocycles. The van der Waals surface area contributed by atoms with Gasteiger partial charge in [0.1, 0.15) is 0 Å². The Morgan fingerprint density at radius 1 is 1.25 bits per heavy atom. The largest absolute Gasteiger partial charge is 0.338 e. The average Bonchev–Trinajstić information content (AvgIpc) is 2.46. The number of nitrogens with two attached hydrogens (primary N) is 1. The molecule has 2 N–H and O–H groups in total. The van der Waals surface area contributed by atoms with Gasteiger partial charge in [0.25, 0.3) is 0 Å². The van der Waals surface area contributed by atoms with Crippen molar-refractivity contribution in [2.45, 2.75) is 19.9 Å². The van der Waals surface area contributed by atoms with Gasteiger partial charge >= 0.3 is 0 Å². The van der Waals surface area contributed by atoms with Gasteiger partial charge in [0.05, 0.1) is 10.5 Å². The maximum atomic E-state index is 12.2. The van der Waals surface area contributed by atoms with Crippen LogP contribution in [0.4, 0.5) is 5.95 Å². The van der Waals surface area contributed by atoms with Crippen LogP contribution in [-0.2, 0) is 4.79 Å². The summed E-state index contributed by atoms with van der Waals surface area (Å²) in [5, 5.41) is 0. The van der Waals surface area contributed by atoms with Crippen molar-refractivity contribution < 1.29 is 4.79 Å². The van der Waals surface area contributed by atoms with E-state index in [-0.39, 0.29) is 11.8 Å². The molecule has 2 heterocycles. The lowest BCUT2D eigenvalue weighted by Gasteiger charge is -2.36. The number of hydrogen-bond donors (Lipinski definition) is 1. The maximum absolute atomic E-state index is 12.2. The third-order valence-electron chi connectivity index (χ3n) is 3.48. The smallest absolute Gasteiger partial charge is 0.239 e. The van der Waals surface area contributed by atoms with Gasteiger partial charge < -0.3 is 15.5 Å². The van der Waals surface area contributed by atoms with E-state index in [0.717, 1.165) is 17.6 Å². The van der Waals surface area contributed by atoms with E-state index in [9.17, 15) is 4.79 Å². The Balaban J connectivity index is 1.92. The summed E-state index contributed by atoms with van der Waals surface area (Å²) < 4.78 is 0.859. The molecule has 0 radical (unpaired) electrons. The molecule has 0 bridgehead atoms. The highest BCUT2D eigenvalue weighted by molar-refractivity contribution is 9.10. The molecule has 0 aromatic carbocycles. The van der Waals surface area contributed by atoms with Gasteiger partial charge in [-0.1, -0.05) is 13.8 Å². The van der Waals surface area contributed by atoms with Crippen molar-refractivity contribution in [2.75, 3.05) is 31.1 Å². The molecular weight excluding hydrogens is 322 g/mol. The highest BCUT2D eigenvalue weighted by Crippen LogP contribution is 2.14. The summed E-state index contributed by atoms with van der Waals surface area (Å²) in [4.78, 5) is 24.6. The summed E-state index contributed by atoms with van der Waals surface area (Å²) in [5.41, 5.74) is 5.92. The Morgan fingerprint density at radius 2 is 1.80 bits per heavy atom. The van der Waals surface area contributed by atoms with E-state index >= 15 is 0 Å². The first-order valence-corrected chi connectivity index (χ1v) is 7.55. The van der Waals surface area contributed by atoms with Crippen molar-refractivity contribution >= 4 is 27.8 Å². The summed E-state index contributed by atoms with van der Waals surface area (Å²) in [7, 11) is 0. The zero-order chi connectivity index (χ0) is 14.7. The summed E-state index contributed by atoms with van der Waals surface area (Å²) in [6.07, 6.45) is 3.46. The number of hydrogen-bond acceptors (Lipinski definition) is 5. The van der Waals surface area contributed by atoms with Gasteiger partial charge in [-0.15, -0.1) is 0 Å². The van der Waals surface area contributed by atoms with Crippen LogP contribution in [0.3, 0.4) is 0 Å². The van der Waals surface area contributed by atoms with Crippen molar-refractivity contribution in [3.05, 3.63) is 16.9 Å². The van der Waals surface area contributed by atoms with Gasteiger partial charge in [0.2, 0.25) is 11.9 Å². The molecule has 1 atom stereocenters. The van der Waals surface area contributed by atoms with E-state index in [1.165, 1.54) is 0 Å². The molecule has 6 nitrogen and oxygen atoms in total. The van der Waals surface area contributed by atoms with Crippen LogP contribution in [-0.4, -0.2) is 53.0 Å². The first-order chi connectivity index (χ1) is 9.49. The number of halogens is 1. The second-order valence-corrected chi connectivity index (χ2v) is 6.20. The van der Waals surface area contributed by atoms with Crippen molar-refractivity contribution in [2.24, 2.45) is 11.7 Å². The van der Waals surface area contributed by atoms with Crippen LogP contribution >= 0.6 is 15.9 Å². The summed E-state index contributed by atoms with van der Waals surface area (Å²) in [5.74, 6) is 0.903. The molecule has 1 aromatic heterocycles. The normalized spacial score (nSPS) is 17.4. The van der Waals surface area contributed by atoms with Gasteiger partial charge in [-0.25, -0.2) is 9.97 Å². The molecule has 0 aliphatic carbocycles. The van der Waals surface area contributed by atoms with Crippen LogP contribution in [0.1, 0.15) is 13.8 Å². The lowest BCUT2D eigenvalue weighted by molar-refractivity contribution is -0.133. The molecule has 7 heteroatoms. The monoisotopic (exact) mass is 341 g/mol. The number of anilines is 1. The van der Waals surface area contributed by atoms with E-state index < -0.39 is 6.04 Å². The summed E-state index contributed by atoms with van der Waals surface area (Å²) in [6, 6.07) is -0.412. The SMILES string of the molecule is CC(C)[C@H](N)C(=O)N1CCN(c2ncc(Br)cn2)CC1. The number of piperazine rings is 1. The molecule has 1 aliphatic rings. The molecule has 20 heavy (non-hydrogen) atoms. The van der Waals surface area contributed by atoms with Gasteiger partial charge in [-0.3, -0.25) is 4.79 Å². The molecular formula is C13H20BrN5O. The van der Waals surface area contributed by atoms with Gasteiger partial charge in [0.15, 0.2) is 0 Å². The maximum Gasteiger partial charge on any atom is 0.239 e. The summed E-state index contributed by atoms with van der Waals surface area (Å²) in [6.45, 7) is 6.73. The molecule has 2 rings (SSSR count). The van der Waals surface area contributed by atoms with Gasteiger partial charge in [-0.05, 0) is 21.8 Å². The molecule has 0 unspecified atom stereocenters. The van der Waals surface area contributed by atoms with Crippen LogP contribution in [0.5, 0.6) is 0 Å². The van der Waals surface area contributed by atoms with Crippen LogP contribution in [0.2, 0.25) is 0 Å². The average molecular weight is 342 g/mol. The molecule has 1 saturated heterocycles. The zero-order valence-corrected chi connectivity index (χ0v) is 13.4. The van der Waals surface area contributed by atoms with Crippen LogP contribution in [0.15, 0.2) is 16.9 Å². The Bertz CT molecular complexity index is 456. The Hall–Kier alpha value is -1.21. The van der Waals surface area contributed by atoms with Crippen molar-refractivity contribution in [3.63, 3.8) is 0 Å². The number of aromatic nitrogens is 2. The first-order valence-electron chi connectivity index (χ1n) is 6.76. The fourth-order valence-electron chi connectivity index (χ4n) is 2.09. The number of carbonyl (C=O) groups is 1. The van der Waals surface area contributed by atoms with Crippen molar-refractivity contribution in [3.8, 4) is 0 Å². The molecule has 0 saturated carbocycles. The Kier molecular flexibility index (Phi) is 4.93. The minimum absolute atomic E-state index is 0.0383. The number of rotatable bonds is 3. The minimum Gasteiger partial charge on any atom is -0.338 e. The zero-order valence-electron chi connectivity index (χ0n) is 11.8. The lowest BCUT2D eigenvalue weighted by atomic mass is 10.0. The standard InChI is InChI=1S/C13H20BrN5O/c1-9(2)11(15)12(20)18-3-5-19(6-4-18)13-16-7-10(14)8-17-13/h7-9,11H,3-6,15H2,1-2H3/t11-/m0/s1. The molecule has 1 fully saturated rings. The quantitative estimate of drug-likeness (QED) is 0.882. The topological polar surface area (TPSA) is 75.4 Å². The highest BCUT2D eigenvalue weighted by Gasteiger charge is 2.27. The predicted molar refractivity (Wildman–Crippen MR) is 81.3 cm³/mol. The third kappa shape index (κ3) is 3.46. The number of carbonyl (C=O) groups excluding carboxylic acids is 1. The van der Waals surface area contributed by atoms with Crippen LogP contribution in [0, 0.1) is 5.92 Å². The summed E-state index contributed by atoms with van der Waals surface area (Å²) >= 11 is 3.32. The van der Waals surface area contributed by atoms with Gasteiger partial charge in [-0.2, -0.15) is 0 Å². The van der Waals surface area contributed by atoms with Gasteiger partial charge in [0, 0.05) is 38.6 Å². The van der Waals surface area contributed by atoms with E-state index in [1.54, 1.807) is 12.4 Å². The highest BCUT2D eigenvalue weighted by atomic mass is 79.9. The Labute approximate surface area is 127 Å². The minimum atomic E-state index is -0.412. The van der Waals surface area contributed by atoms with Crippen LogP contribution < -0.4 is 10.6 Å². The number of nitrogens with zero attached hydrogens (tertiary/aromatic N) is 4. The van der Waals surface area contributed by atoms with E-state index in [0.29, 0.717) is 19.0 Å². The lowest BCUT2D eigenvalue weighted by Crippen LogP contribution is -2.54. The van der Waals surface area contributed by atoms with E-state index in [4.69, 9.17) is 5.73 Å². The van der Waals surface area contributed by atoms with E-state index in [2.05, 4.69) is 30.8 Å². The van der Waals surface area contributed by atoms with Crippen LogP contribution in [0.25, 0.3) is 0 Å². The fourth-order valence-corrected chi connectivity index (χ4v) is 2.30. The molecule has 1 amide bonds. The second-order valence-electron chi connectivity index (χ2n) is 5.28. The van der Waals surface area contributed by atoms with E-state index in [1.807, 2.05) is 18.7 Å². The molecule has 110 valence electrons. The Morgan fingerprint density at radius 3 is 2.30 bits per heavy atom. The second kappa shape index (κ2) is 6.49. The number of amides is 1. The van der Waals surface area contributed by atoms with Crippen molar-refractivity contribution in [1.29, 1.82) is 0 Å². The molecule has 0 spiro atoms. The first kappa shape index (κ1) is 15.2. The third-order valence-corrected chi connectivity index (χ3v) is 3.89. The fraction of sp³-hybridized carbons (Fsp3) is 0.615. The van der Waals surface area contributed by atoms with Crippen molar-refractivity contribution in [1.82, 2.24) is 14.9 Å².